The van der Waals surface area contributed by atoms with E-state index in [2.05, 4.69) is 22.6 Å². The molecular formula is C24H13Cl2IN2O3S. The number of thiophene rings is 1. The zero-order valence-corrected chi connectivity index (χ0v) is 21.2. The highest BCUT2D eigenvalue weighted by atomic mass is 127. The number of fused-ring (bicyclic) bond motifs is 2. The van der Waals surface area contributed by atoms with Crippen LogP contribution in [0.15, 0.2) is 66.7 Å². The summed E-state index contributed by atoms with van der Waals surface area (Å²) >= 11 is 16.1. The van der Waals surface area contributed by atoms with Gasteiger partial charge in [0.1, 0.15) is 11.5 Å². The molecule has 1 aliphatic rings. The second-order valence-corrected chi connectivity index (χ2v) is 10.3. The van der Waals surface area contributed by atoms with Gasteiger partial charge in [0.05, 0.1) is 21.8 Å². The molecular weight excluding hydrogens is 594 g/mol. The van der Waals surface area contributed by atoms with E-state index >= 15 is 0 Å². The molecule has 164 valence electrons. The molecule has 5 rings (SSSR count). The molecule has 1 aliphatic heterocycles. The number of hydrogen-bond donors (Lipinski definition) is 0. The van der Waals surface area contributed by atoms with E-state index < -0.39 is 17.7 Å². The number of rotatable bonds is 4. The smallest absolute Gasteiger partial charge is 0.271 e. The van der Waals surface area contributed by atoms with Gasteiger partial charge >= 0.3 is 0 Å². The van der Waals surface area contributed by atoms with Gasteiger partial charge in [0.2, 0.25) is 0 Å². The molecule has 3 aromatic carbocycles. The van der Waals surface area contributed by atoms with Crippen molar-refractivity contribution in [3.8, 4) is 0 Å². The van der Waals surface area contributed by atoms with Crippen LogP contribution < -0.4 is 4.90 Å². The van der Waals surface area contributed by atoms with Crippen LogP contribution in [0.3, 0.4) is 0 Å². The minimum absolute atomic E-state index is 0.240. The molecule has 0 aliphatic carbocycles. The summed E-state index contributed by atoms with van der Waals surface area (Å²) in [5, 5.41) is 1.58. The molecule has 3 amide bonds. The minimum atomic E-state index is -0.437. The number of carbonyl (C=O) groups is 3. The molecule has 0 atom stereocenters. The fraction of sp³-hybridized carbons (Fsp3) is 0.0417. The highest BCUT2D eigenvalue weighted by Crippen LogP contribution is 2.38. The Morgan fingerprint density at radius 1 is 0.939 bits per heavy atom. The summed E-state index contributed by atoms with van der Waals surface area (Å²) in [5.74, 6) is -1.28. The summed E-state index contributed by atoms with van der Waals surface area (Å²) in [6, 6.07) is 19.2. The molecule has 0 spiro atoms. The molecule has 5 nitrogen and oxygen atoms in total. The number of anilines is 1. The number of hydrogen-bond acceptors (Lipinski definition) is 4. The number of halogens is 3. The normalized spacial score (nSPS) is 13.0. The van der Waals surface area contributed by atoms with E-state index in [1.807, 2.05) is 12.1 Å². The predicted molar refractivity (Wildman–Crippen MR) is 140 cm³/mol. The molecule has 33 heavy (non-hydrogen) atoms. The van der Waals surface area contributed by atoms with Gasteiger partial charge in [-0.3, -0.25) is 24.2 Å². The summed E-state index contributed by atoms with van der Waals surface area (Å²) < 4.78 is 1.57. The largest absolute Gasteiger partial charge is 0.288 e. The lowest BCUT2D eigenvalue weighted by atomic mass is 10.1. The number of benzene rings is 3. The van der Waals surface area contributed by atoms with Gasteiger partial charge in [-0.1, -0.05) is 53.5 Å². The van der Waals surface area contributed by atoms with Crippen LogP contribution in [0.1, 0.15) is 30.4 Å². The fourth-order valence-electron chi connectivity index (χ4n) is 3.73. The van der Waals surface area contributed by atoms with Gasteiger partial charge in [0.25, 0.3) is 17.7 Å². The summed E-state index contributed by atoms with van der Waals surface area (Å²) in [7, 11) is 0. The van der Waals surface area contributed by atoms with Crippen molar-refractivity contribution in [2.24, 2.45) is 0 Å². The van der Waals surface area contributed by atoms with Gasteiger partial charge in [0, 0.05) is 18.7 Å². The van der Waals surface area contributed by atoms with Crippen LogP contribution in [0, 0.1) is 3.57 Å². The van der Waals surface area contributed by atoms with Crippen molar-refractivity contribution in [3.05, 3.63) is 96.3 Å². The van der Waals surface area contributed by atoms with E-state index in [1.165, 1.54) is 16.2 Å². The zero-order valence-electron chi connectivity index (χ0n) is 16.7. The first-order chi connectivity index (χ1) is 15.9. The summed E-state index contributed by atoms with van der Waals surface area (Å²) in [6.07, 6.45) is 0. The molecule has 4 aromatic rings. The molecule has 0 saturated carbocycles. The number of nitrogens with zero attached hydrogens (tertiary/aromatic N) is 2. The van der Waals surface area contributed by atoms with Crippen LogP contribution in [0.2, 0.25) is 10.0 Å². The first-order valence-electron chi connectivity index (χ1n) is 9.76. The molecule has 9 heteroatoms. The Bertz CT molecular complexity index is 1430. The SMILES string of the molecule is O=C1c2ccccc2C(=O)N1CN(C(=O)c1sc2cc(Cl)ccc2c1Cl)c1ccccc1I. The van der Waals surface area contributed by atoms with Crippen LogP contribution in [0.5, 0.6) is 0 Å². The molecule has 0 fully saturated rings. The maximum absolute atomic E-state index is 13.8. The Morgan fingerprint density at radius 2 is 1.58 bits per heavy atom. The fourth-order valence-corrected chi connectivity index (χ4v) is 6.14. The lowest BCUT2D eigenvalue weighted by Gasteiger charge is -2.27. The van der Waals surface area contributed by atoms with E-state index in [0.29, 0.717) is 31.7 Å². The summed E-state index contributed by atoms with van der Waals surface area (Å²) in [4.78, 5) is 42.6. The molecule has 0 unspecified atom stereocenters. The van der Waals surface area contributed by atoms with Crippen molar-refractivity contribution in [1.29, 1.82) is 0 Å². The van der Waals surface area contributed by atoms with Crippen molar-refractivity contribution in [2.45, 2.75) is 0 Å². The highest BCUT2D eigenvalue weighted by molar-refractivity contribution is 14.1. The number of para-hydroxylation sites is 1. The van der Waals surface area contributed by atoms with Gasteiger partial charge in [0.15, 0.2) is 0 Å². The third kappa shape index (κ3) is 3.82. The lowest BCUT2D eigenvalue weighted by molar-refractivity contribution is 0.0650. The summed E-state index contributed by atoms with van der Waals surface area (Å²) in [6.45, 7) is -0.240. The van der Waals surface area contributed by atoms with Crippen molar-refractivity contribution in [3.63, 3.8) is 0 Å². The first kappa shape index (κ1) is 22.3. The number of carbonyl (C=O) groups excluding carboxylic acids is 3. The number of imide groups is 1. The van der Waals surface area contributed by atoms with Crippen molar-refractivity contribution in [1.82, 2.24) is 4.90 Å². The number of amides is 3. The van der Waals surface area contributed by atoms with Crippen molar-refractivity contribution >= 4 is 90.6 Å². The molecule has 0 N–H and O–H groups in total. The first-order valence-corrected chi connectivity index (χ1v) is 12.4. The topological polar surface area (TPSA) is 57.7 Å². The average molecular weight is 607 g/mol. The highest BCUT2D eigenvalue weighted by Gasteiger charge is 2.38. The van der Waals surface area contributed by atoms with Gasteiger partial charge in [-0.15, -0.1) is 11.3 Å². The van der Waals surface area contributed by atoms with Crippen LogP contribution in [-0.2, 0) is 0 Å². The molecule has 0 saturated heterocycles. The maximum Gasteiger partial charge on any atom is 0.271 e. The molecule has 0 radical (unpaired) electrons. The van der Waals surface area contributed by atoms with Gasteiger partial charge < -0.3 is 0 Å². The van der Waals surface area contributed by atoms with Gasteiger partial charge in [-0.2, -0.15) is 0 Å². The second-order valence-electron chi connectivity index (χ2n) is 7.30. The van der Waals surface area contributed by atoms with E-state index in [4.69, 9.17) is 23.2 Å². The Balaban J connectivity index is 1.59. The monoisotopic (exact) mass is 606 g/mol. The Labute approximate surface area is 216 Å². The van der Waals surface area contributed by atoms with E-state index in [0.717, 1.165) is 18.6 Å². The van der Waals surface area contributed by atoms with Crippen LogP contribution >= 0.6 is 57.1 Å². The van der Waals surface area contributed by atoms with Crippen molar-refractivity contribution < 1.29 is 14.4 Å². The lowest BCUT2D eigenvalue weighted by Crippen LogP contribution is -2.44. The van der Waals surface area contributed by atoms with E-state index in [-0.39, 0.29) is 6.67 Å². The molecule has 2 heterocycles. The quantitative estimate of drug-likeness (QED) is 0.192. The predicted octanol–water partition coefficient (Wildman–Crippen LogP) is 6.71. The molecule has 1 aromatic heterocycles. The third-order valence-electron chi connectivity index (χ3n) is 5.34. The third-order valence-corrected chi connectivity index (χ3v) is 8.13. The van der Waals surface area contributed by atoms with Gasteiger partial charge in [-0.05, 0) is 59.0 Å². The second kappa shape index (κ2) is 8.72. The standard InChI is InChI=1S/C24H13Cl2IN2O3S/c25-13-9-10-16-19(11-13)33-21(20(16)26)24(32)28(18-8-4-3-7-17(18)27)12-29-22(30)14-5-1-2-6-15(14)23(29)31/h1-11H,12H2. The Morgan fingerprint density at radius 3 is 2.24 bits per heavy atom. The maximum atomic E-state index is 13.8. The Hall–Kier alpha value is -2.46. The van der Waals surface area contributed by atoms with E-state index in [9.17, 15) is 14.4 Å². The van der Waals surface area contributed by atoms with Crippen LogP contribution in [0.4, 0.5) is 5.69 Å². The summed E-state index contributed by atoms with van der Waals surface area (Å²) in [5.41, 5.74) is 1.23. The Kier molecular flexibility index (Phi) is 5.90. The van der Waals surface area contributed by atoms with Crippen LogP contribution in [-0.4, -0.2) is 29.3 Å². The van der Waals surface area contributed by atoms with Crippen molar-refractivity contribution in [2.75, 3.05) is 11.6 Å². The zero-order chi connectivity index (χ0) is 23.3. The van der Waals surface area contributed by atoms with E-state index in [1.54, 1.807) is 54.6 Å². The minimum Gasteiger partial charge on any atom is -0.288 e. The van der Waals surface area contributed by atoms with Gasteiger partial charge in [-0.25, -0.2) is 0 Å². The molecule has 0 bridgehead atoms. The average Bonchev–Trinajstić information content (AvgIpc) is 3.26. The van der Waals surface area contributed by atoms with Crippen LogP contribution in [0.25, 0.3) is 10.1 Å².